The summed E-state index contributed by atoms with van der Waals surface area (Å²) < 4.78 is 5.21. The molecule has 1 nitrogen and oxygen atoms in total. The van der Waals surface area contributed by atoms with E-state index in [0.717, 1.165) is 11.4 Å². The van der Waals surface area contributed by atoms with E-state index >= 15 is 0 Å². The molecule has 10 aromatic rings. The van der Waals surface area contributed by atoms with Gasteiger partial charge in [-0.15, -0.1) is 22.7 Å². The van der Waals surface area contributed by atoms with E-state index in [4.69, 9.17) is 0 Å². The first-order chi connectivity index (χ1) is 24.3. The molecular weight excluding hydrogens is 631 g/mol. The van der Waals surface area contributed by atoms with Crippen molar-refractivity contribution in [2.75, 3.05) is 4.90 Å². The van der Waals surface area contributed by atoms with Crippen LogP contribution >= 0.6 is 22.7 Å². The predicted octanol–water partition coefficient (Wildman–Crippen LogP) is 14.4. The van der Waals surface area contributed by atoms with E-state index in [1.807, 2.05) is 22.7 Å². The largest absolute Gasteiger partial charge is 0.309 e. The van der Waals surface area contributed by atoms with E-state index in [2.05, 4.69) is 181 Å². The molecule has 0 bridgehead atoms. The Kier molecular flexibility index (Phi) is 6.61. The maximum atomic E-state index is 2.46. The first kappa shape index (κ1) is 28.3. The van der Waals surface area contributed by atoms with Crippen molar-refractivity contribution in [1.82, 2.24) is 0 Å². The molecule has 0 N–H and O–H groups in total. The van der Waals surface area contributed by atoms with E-state index in [-0.39, 0.29) is 0 Å². The number of hydrogen-bond acceptors (Lipinski definition) is 3. The molecule has 0 aliphatic heterocycles. The van der Waals surface area contributed by atoms with Crippen molar-refractivity contribution in [2.45, 2.75) is 0 Å². The van der Waals surface area contributed by atoms with Gasteiger partial charge >= 0.3 is 0 Å². The quantitative estimate of drug-likeness (QED) is 0.178. The van der Waals surface area contributed by atoms with Gasteiger partial charge in [-0.2, -0.15) is 0 Å². The van der Waals surface area contributed by atoms with Crippen molar-refractivity contribution in [3.05, 3.63) is 176 Å². The zero-order chi connectivity index (χ0) is 32.3. The molecule has 0 spiro atoms. The molecule has 0 saturated carbocycles. The molecule has 0 radical (unpaired) electrons. The van der Waals surface area contributed by atoms with E-state index in [1.165, 1.54) is 79.1 Å². The Morgan fingerprint density at radius 3 is 1.84 bits per heavy atom. The van der Waals surface area contributed by atoms with Crippen LogP contribution in [-0.4, -0.2) is 0 Å². The molecule has 230 valence electrons. The monoisotopic (exact) mass is 659 g/mol. The number of thiophene rings is 2. The average Bonchev–Trinajstić information content (AvgIpc) is 3.74. The topological polar surface area (TPSA) is 3.24 Å². The second-order valence-corrected chi connectivity index (χ2v) is 14.6. The van der Waals surface area contributed by atoms with Crippen LogP contribution in [0.5, 0.6) is 0 Å². The van der Waals surface area contributed by atoms with Crippen molar-refractivity contribution < 1.29 is 0 Å². The number of nitrogens with zero attached hydrogens (tertiary/aromatic N) is 1. The smallest absolute Gasteiger partial charge is 0.0640 e. The van der Waals surface area contributed by atoms with Crippen LogP contribution in [0.15, 0.2) is 176 Å². The first-order valence-electron chi connectivity index (χ1n) is 16.6. The minimum absolute atomic E-state index is 1.13. The summed E-state index contributed by atoms with van der Waals surface area (Å²) in [6, 6.07) is 64.4. The highest BCUT2D eigenvalue weighted by molar-refractivity contribution is 7.26. The molecule has 0 fully saturated rings. The molecule has 0 atom stereocenters. The van der Waals surface area contributed by atoms with E-state index in [0.29, 0.717) is 0 Å². The van der Waals surface area contributed by atoms with Gasteiger partial charge < -0.3 is 4.90 Å². The molecule has 2 aromatic heterocycles. The summed E-state index contributed by atoms with van der Waals surface area (Å²) >= 11 is 3.75. The highest BCUT2D eigenvalue weighted by Gasteiger charge is 2.21. The third kappa shape index (κ3) is 4.66. The lowest BCUT2D eigenvalue weighted by Gasteiger charge is -2.27. The Bertz CT molecular complexity index is 2820. The lowest BCUT2D eigenvalue weighted by atomic mass is 9.97. The minimum atomic E-state index is 1.13. The van der Waals surface area contributed by atoms with Crippen molar-refractivity contribution >= 4 is 90.9 Å². The molecule has 0 amide bonds. The zero-order valence-corrected chi connectivity index (χ0v) is 28.1. The fourth-order valence-electron chi connectivity index (χ4n) is 7.40. The molecule has 3 heteroatoms. The van der Waals surface area contributed by atoms with Gasteiger partial charge in [-0.05, 0) is 81.6 Å². The van der Waals surface area contributed by atoms with Crippen LogP contribution in [0.4, 0.5) is 17.1 Å². The van der Waals surface area contributed by atoms with Gasteiger partial charge in [0.2, 0.25) is 0 Å². The lowest BCUT2D eigenvalue weighted by Crippen LogP contribution is -2.10. The van der Waals surface area contributed by atoms with Gasteiger partial charge in [0, 0.05) is 47.0 Å². The normalized spacial score (nSPS) is 11.7. The third-order valence-corrected chi connectivity index (χ3v) is 12.0. The van der Waals surface area contributed by atoms with E-state index in [9.17, 15) is 0 Å². The van der Waals surface area contributed by atoms with Gasteiger partial charge in [-0.3, -0.25) is 0 Å². The fraction of sp³-hybridized carbons (Fsp3) is 0. The van der Waals surface area contributed by atoms with Crippen LogP contribution in [0.2, 0.25) is 0 Å². The van der Waals surface area contributed by atoms with Crippen LogP contribution in [0.1, 0.15) is 0 Å². The van der Waals surface area contributed by atoms with E-state index < -0.39 is 0 Å². The Hall–Kier alpha value is -5.74. The van der Waals surface area contributed by atoms with Gasteiger partial charge in [-0.1, -0.05) is 127 Å². The third-order valence-electron chi connectivity index (χ3n) is 9.68. The van der Waals surface area contributed by atoms with Crippen molar-refractivity contribution in [1.29, 1.82) is 0 Å². The summed E-state index contributed by atoms with van der Waals surface area (Å²) in [5, 5.41) is 7.74. The summed E-state index contributed by atoms with van der Waals surface area (Å²) in [5.74, 6) is 0. The molecule has 49 heavy (non-hydrogen) atoms. The minimum Gasteiger partial charge on any atom is -0.309 e. The van der Waals surface area contributed by atoms with Crippen LogP contribution in [0, 0.1) is 0 Å². The average molecular weight is 660 g/mol. The molecular formula is C46H29NS2. The number of rotatable bonds is 5. The molecule has 0 unspecified atom stereocenters. The van der Waals surface area contributed by atoms with Crippen LogP contribution in [0.25, 0.3) is 73.4 Å². The summed E-state index contributed by atoms with van der Waals surface area (Å²) in [5.41, 5.74) is 8.44. The van der Waals surface area contributed by atoms with Gasteiger partial charge in [-0.25, -0.2) is 0 Å². The highest BCUT2D eigenvalue weighted by Crippen LogP contribution is 2.49. The Balaban J connectivity index is 1.22. The summed E-state index contributed by atoms with van der Waals surface area (Å²) in [7, 11) is 0. The second-order valence-electron chi connectivity index (χ2n) is 12.5. The molecule has 2 heterocycles. The highest BCUT2D eigenvalue weighted by atomic mass is 32.1. The molecule has 0 aliphatic carbocycles. The van der Waals surface area contributed by atoms with Crippen LogP contribution in [0.3, 0.4) is 0 Å². The number of hydrogen-bond donors (Lipinski definition) is 0. The molecule has 8 aromatic carbocycles. The molecule has 0 saturated heterocycles. The Morgan fingerprint density at radius 2 is 1.00 bits per heavy atom. The van der Waals surface area contributed by atoms with Crippen LogP contribution in [-0.2, 0) is 0 Å². The van der Waals surface area contributed by atoms with Crippen molar-refractivity contribution in [3.63, 3.8) is 0 Å². The van der Waals surface area contributed by atoms with Gasteiger partial charge in [0.25, 0.3) is 0 Å². The molecule has 0 aliphatic rings. The lowest BCUT2D eigenvalue weighted by molar-refractivity contribution is 1.31. The zero-order valence-electron chi connectivity index (χ0n) is 26.5. The van der Waals surface area contributed by atoms with E-state index in [1.54, 1.807) is 0 Å². The summed E-state index contributed by atoms with van der Waals surface area (Å²) in [4.78, 5) is 2.46. The standard InChI is InChI=1S/C46H29NS2/c1-2-11-31(12-3-1)37-26-27-41(46-45(37)39-17-7-9-20-43(39)49-46)47(34-25-28-44-40(29-34)38-16-6-8-19-42(38)48-44)33-23-21-32(22-24-33)36-18-10-14-30-13-4-5-15-35(30)36/h1-29H. The predicted molar refractivity (Wildman–Crippen MR) is 215 cm³/mol. The van der Waals surface area contributed by atoms with Crippen molar-refractivity contribution in [2.24, 2.45) is 0 Å². The summed E-state index contributed by atoms with van der Waals surface area (Å²) in [6.45, 7) is 0. The second kappa shape index (κ2) is 11.5. The number of benzene rings is 8. The molecule has 10 rings (SSSR count). The van der Waals surface area contributed by atoms with Crippen LogP contribution < -0.4 is 4.90 Å². The van der Waals surface area contributed by atoms with Gasteiger partial charge in [0.1, 0.15) is 0 Å². The van der Waals surface area contributed by atoms with Crippen molar-refractivity contribution in [3.8, 4) is 22.3 Å². The Labute approximate surface area is 292 Å². The summed E-state index contributed by atoms with van der Waals surface area (Å²) in [6.07, 6.45) is 0. The SMILES string of the molecule is c1ccc(-c2ccc(N(c3ccc(-c4cccc5ccccc45)cc3)c3ccc4sc5ccccc5c4c3)c3sc4ccccc4c23)cc1. The first-order valence-corrected chi connectivity index (χ1v) is 18.2. The van der Waals surface area contributed by atoms with Gasteiger partial charge in [0.15, 0.2) is 0 Å². The number of anilines is 3. The number of fused-ring (bicyclic) bond motifs is 7. The maximum absolute atomic E-state index is 2.46. The maximum Gasteiger partial charge on any atom is 0.0640 e. The Morgan fingerprint density at radius 1 is 0.367 bits per heavy atom. The fourth-order valence-corrected chi connectivity index (χ4v) is 9.72. The van der Waals surface area contributed by atoms with Gasteiger partial charge in [0.05, 0.1) is 10.4 Å².